The highest BCUT2D eigenvalue weighted by molar-refractivity contribution is 5.95. The maximum Gasteiger partial charge on any atom is 0.228 e. The number of hydrogen-bond donors (Lipinski definition) is 2. The molecule has 0 aliphatic heterocycles. The summed E-state index contributed by atoms with van der Waals surface area (Å²) >= 11 is 0. The molecule has 88 valence electrons. The van der Waals surface area contributed by atoms with Crippen LogP contribution in [0.3, 0.4) is 0 Å². The van der Waals surface area contributed by atoms with E-state index in [1.165, 1.54) is 0 Å². The first kappa shape index (κ1) is 10.4. The third kappa shape index (κ3) is 1.82. The number of nitrogens with one attached hydrogen (secondary N) is 1. The number of carbonyl (C=O) groups excluding carboxylic acids is 1. The molecule has 3 N–H and O–H groups in total. The fourth-order valence-corrected chi connectivity index (χ4v) is 2.92. The second kappa shape index (κ2) is 3.91. The highest BCUT2D eigenvalue weighted by Gasteiger charge is 2.39. The maximum atomic E-state index is 12.2. The summed E-state index contributed by atoms with van der Waals surface area (Å²) in [5.41, 5.74) is 7.17. The number of allylic oxidation sites excluding steroid dienone is 2. The van der Waals surface area contributed by atoms with Crippen LogP contribution in [0.25, 0.3) is 0 Å². The fraction of sp³-hybridized carbons (Fsp3) is 0.357. The van der Waals surface area contributed by atoms with Crippen molar-refractivity contribution in [2.75, 3.05) is 11.1 Å². The van der Waals surface area contributed by atoms with E-state index in [-0.39, 0.29) is 11.8 Å². The van der Waals surface area contributed by atoms with Crippen LogP contribution in [0.4, 0.5) is 11.4 Å². The van der Waals surface area contributed by atoms with Crippen LogP contribution in [-0.2, 0) is 4.79 Å². The van der Waals surface area contributed by atoms with Crippen LogP contribution >= 0.6 is 0 Å². The molecule has 0 spiro atoms. The highest BCUT2D eigenvalue weighted by Crippen LogP contribution is 2.43. The van der Waals surface area contributed by atoms with E-state index < -0.39 is 0 Å². The Labute approximate surface area is 101 Å². The first-order valence-electron chi connectivity index (χ1n) is 6.08. The van der Waals surface area contributed by atoms with Gasteiger partial charge in [-0.25, -0.2) is 0 Å². The molecule has 1 saturated carbocycles. The Morgan fingerprint density at radius 1 is 1.24 bits per heavy atom. The summed E-state index contributed by atoms with van der Waals surface area (Å²) in [4.78, 5) is 12.2. The lowest BCUT2D eigenvalue weighted by Crippen LogP contribution is -2.26. The molecule has 0 radical (unpaired) electrons. The van der Waals surface area contributed by atoms with Crippen molar-refractivity contribution in [1.82, 2.24) is 0 Å². The van der Waals surface area contributed by atoms with Gasteiger partial charge in [0.1, 0.15) is 0 Å². The number of nitrogens with two attached hydrogens (primary N) is 1. The van der Waals surface area contributed by atoms with E-state index in [1.54, 1.807) is 6.07 Å². The third-order valence-electron chi connectivity index (χ3n) is 3.83. The molecule has 0 aromatic heterocycles. The SMILES string of the molecule is Nc1ccccc1NC(=O)C1CC2C=CC1C2. The van der Waals surface area contributed by atoms with Crippen molar-refractivity contribution < 1.29 is 4.79 Å². The van der Waals surface area contributed by atoms with Gasteiger partial charge in [0.25, 0.3) is 0 Å². The van der Waals surface area contributed by atoms with Crippen LogP contribution in [-0.4, -0.2) is 5.91 Å². The Bertz CT molecular complexity index is 481. The number of benzene rings is 1. The second-order valence-electron chi connectivity index (χ2n) is 4.96. The number of hydrogen-bond acceptors (Lipinski definition) is 2. The first-order valence-corrected chi connectivity index (χ1v) is 6.08. The summed E-state index contributed by atoms with van der Waals surface area (Å²) in [6, 6.07) is 7.39. The topological polar surface area (TPSA) is 55.1 Å². The van der Waals surface area contributed by atoms with Gasteiger partial charge in [-0.15, -0.1) is 0 Å². The van der Waals surface area contributed by atoms with E-state index in [1.807, 2.05) is 18.2 Å². The smallest absolute Gasteiger partial charge is 0.228 e. The quantitative estimate of drug-likeness (QED) is 0.603. The molecule has 2 aliphatic carbocycles. The van der Waals surface area contributed by atoms with Gasteiger partial charge in [0, 0.05) is 5.92 Å². The predicted molar refractivity (Wildman–Crippen MR) is 68.3 cm³/mol. The first-order chi connectivity index (χ1) is 8.24. The number of amides is 1. The number of anilines is 2. The molecule has 3 rings (SSSR count). The molecular formula is C14H16N2O. The van der Waals surface area contributed by atoms with E-state index >= 15 is 0 Å². The normalized spacial score (nSPS) is 29.5. The van der Waals surface area contributed by atoms with Crippen molar-refractivity contribution in [2.45, 2.75) is 12.8 Å². The highest BCUT2D eigenvalue weighted by atomic mass is 16.1. The van der Waals surface area contributed by atoms with Gasteiger partial charge in [-0.2, -0.15) is 0 Å². The lowest BCUT2D eigenvalue weighted by Gasteiger charge is -2.18. The number of fused-ring (bicyclic) bond motifs is 2. The Hall–Kier alpha value is -1.77. The maximum absolute atomic E-state index is 12.2. The molecule has 3 nitrogen and oxygen atoms in total. The van der Waals surface area contributed by atoms with Crippen LogP contribution < -0.4 is 11.1 Å². The monoisotopic (exact) mass is 228 g/mol. The molecule has 1 aromatic rings. The molecule has 0 saturated heterocycles. The Morgan fingerprint density at radius 2 is 2.06 bits per heavy atom. The van der Waals surface area contributed by atoms with E-state index in [0.29, 0.717) is 17.5 Å². The molecule has 3 atom stereocenters. The van der Waals surface area contributed by atoms with Gasteiger partial charge in [0.05, 0.1) is 11.4 Å². The summed E-state index contributed by atoms with van der Waals surface area (Å²) in [5, 5.41) is 2.94. The minimum absolute atomic E-state index is 0.111. The summed E-state index contributed by atoms with van der Waals surface area (Å²) in [6.45, 7) is 0. The lowest BCUT2D eigenvalue weighted by molar-refractivity contribution is -0.120. The van der Waals surface area contributed by atoms with Crippen molar-refractivity contribution >= 4 is 17.3 Å². The van der Waals surface area contributed by atoms with E-state index in [0.717, 1.165) is 18.5 Å². The summed E-state index contributed by atoms with van der Waals surface area (Å²) < 4.78 is 0. The minimum atomic E-state index is 0.111. The summed E-state index contributed by atoms with van der Waals surface area (Å²) in [6.07, 6.45) is 6.56. The summed E-state index contributed by atoms with van der Waals surface area (Å²) in [5.74, 6) is 1.29. The predicted octanol–water partition coefficient (Wildman–Crippen LogP) is 2.42. The average molecular weight is 228 g/mol. The Morgan fingerprint density at radius 3 is 2.71 bits per heavy atom. The van der Waals surface area contributed by atoms with Gasteiger partial charge < -0.3 is 11.1 Å². The van der Waals surface area contributed by atoms with Crippen molar-refractivity contribution in [3.05, 3.63) is 36.4 Å². The van der Waals surface area contributed by atoms with Gasteiger partial charge in [0.15, 0.2) is 0 Å². The lowest BCUT2D eigenvalue weighted by atomic mass is 9.93. The van der Waals surface area contributed by atoms with Crippen LogP contribution in [0.1, 0.15) is 12.8 Å². The zero-order chi connectivity index (χ0) is 11.8. The fourth-order valence-electron chi connectivity index (χ4n) is 2.92. The van der Waals surface area contributed by atoms with Crippen LogP contribution in [0, 0.1) is 17.8 Å². The molecule has 1 amide bonds. The molecular weight excluding hydrogens is 212 g/mol. The Balaban J connectivity index is 1.72. The molecule has 2 bridgehead atoms. The zero-order valence-electron chi connectivity index (χ0n) is 9.60. The second-order valence-corrected chi connectivity index (χ2v) is 4.96. The van der Waals surface area contributed by atoms with Gasteiger partial charge in [-0.1, -0.05) is 24.3 Å². The molecule has 3 heteroatoms. The number of carbonyl (C=O) groups is 1. The van der Waals surface area contributed by atoms with Crippen LogP contribution in [0.2, 0.25) is 0 Å². The van der Waals surface area contributed by atoms with E-state index in [2.05, 4.69) is 17.5 Å². The summed E-state index contributed by atoms with van der Waals surface area (Å²) in [7, 11) is 0. The molecule has 3 unspecified atom stereocenters. The zero-order valence-corrected chi connectivity index (χ0v) is 9.60. The van der Waals surface area contributed by atoms with Crippen molar-refractivity contribution in [1.29, 1.82) is 0 Å². The Kier molecular flexibility index (Phi) is 2.39. The molecule has 1 aromatic carbocycles. The minimum Gasteiger partial charge on any atom is -0.397 e. The molecule has 2 aliphatic rings. The third-order valence-corrected chi connectivity index (χ3v) is 3.83. The van der Waals surface area contributed by atoms with Gasteiger partial charge in [-0.3, -0.25) is 4.79 Å². The van der Waals surface area contributed by atoms with E-state index in [4.69, 9.17) is 5.73 Å². The van der Waals surface area contributed by atoms with Gasteiger partial charge >= 0.3 is 0 Å². The van der Waals surface area contributed by atoms with Crippen molar-refractivity contribution in [3.63, 3.8) is 0 Å². The van der Waals surface area contributed by atoms with Crippen molar-refractivity contribution in [3.8, 4) is 0 Å². The standard InChI is InChI=1S/C14H16N2O/c15-12-3-1-2-4-13(12)16-14(17)11-8-9-5-6-10(11)7-9/h1-6,9-11H,7-8,15H2,(H,16,17). The molecule has 1 fully saturated rings. The van der Waals surface area contributed by atoms with E-state index in [9.17, 15) is 4.79 Å². The molecule has 17 heavy (non-hydrogen) atoms. The van der Waals surface area contributed by atoms with Gasteiger partial charge in [-0.05, 0) is 36.8 Å². The van der Waals surface area contributed by atoms with Crippen LogP contribution in [0.15, 0.2) is 36.4 Å². The average Bonchev–Trinajstić information content (AvgIpc) is 2.94. The number of para-hydroxylation sites is 2. The number of rotatable bonds is 2. The van der Waals surface area contributed by atoms with Crippen LogP contribution in [0.5, 0.6) is 0 Å². The van der Waals surface area contributed by atoms with Gasteiger partial charge in [0.2, 0.25) is 5.91 Å². The number of nitrogen functional groups attached to an aromatic ring is 1. The van der Waals surface area contributed by atoms with Crippen molar-refractivity contribution in [2.24, 2.45) is 17.8 Å². The largest absolute Gasteiger partial charge is 0.397 e. The molecule has 0 heterocycles.